The van der Waals surface area contributed by atoms with E-state index in [4.69, 9.17) is 0 Å². The van der Waals surface area contributed by atoms with Crippen LogP contribution in [-0.4, -0.2) is 5.78 Å². The van der Waals surface area contributed by atoms with Crippen molar-refractivity contribution in [2.24, 2.45) is 35.5 Å². The molecule has 1 nitrogen and oxygen atoms in total. The minimum absolute atomic E-state index is 0.346. The number of allylic oxidation sites excluding steroid dienone is 4. The lowest BCUT2D eigenvalue weighted by Crippen LogP contribution is -2.38. The Bertz CT molecular complexity index is 350. The Morgan fingerprint density at radius 1 is 1.00 bits per heavy atom. The van der Waals surface area contributed by atoms with Crippen LogP contribution in [0, 0.1) is 35.5 Å². The second-order valence-electron chi connectivity index (χ2n) is 4.97. The molecule has 0 aromatic rings. The Morgan fingerprint density at radius 2 is 1.77 bits per heavy atom. The molecule has 6 atom stereocenters. The first kappa shape index (κ1) is 6.58. The molecule has 0 aromatic heterocycles. The molecule has 0 amide bonds. The van der Waals surface area contributed by atoms with E-state index in [1.54, 1.807) is 0 Å². The lowest BCUT2D eigenvalue weighted by molar-refractivity contribution is -0.121. The van der Waals surface area contributed by atoms with Gasteiger partial charge < -0.3 is 0 Å². The molecule has 0 radical (unpaired) electrons. The third-order valence-corrected chi connectivity index (χ3v) is 4.52. The number of hydrogen-bond acceptors (Lipinski definition) is 1. The molecule has 0 spiro atoms. The van der Waals surface area contributed by atoms with Gasteiger partial charge in [-0.1, -0.05) is 18.2 Å². The van der Waals surface area contributed by atoms with Crippen molar-refractivity contribution in [3.8, 4) is 0 Å². The monoisotopic (exact) mass is 172 g/mol. The van der Waals surface area contributed by atoms with Crippen molar-refractivity contribution in [1.82, 2.24) is 0 Å². The van der Waals surface area contributed by atoms with Gasteiger partial charge in [-0.3, -0.25) is 4.79 Å². The summed E-state index contributed by atoms with van der Waals surface area (Å²) >= 11 is 0. The molecule has 6 unspecified atom stereocenters. The fraction of sp³-hybridized carbons (Fsp3) is 0.583. The summed E-state index contributed by atoms with van der Waals surface area (Å²) < 4.78 is 0. The van der Waals surface area contributed by atoms with Gasteiger partial charge in [0.1, 0.15) is 0 Å². The highest BCUT2D eigenvalue weighted by Gasteiger charge is 2.60. The van der Waals surface area contributed by atoms with E-state index in [-0.39, 0.29) is 0 Å². The Hall–Kier alpha value is -0.850. The van der Waals surface area contributed by atoms with Crippen LogP contribution in [0.1, 0.15) is 6.42 Å². The van der Waals surface area contributed by atoms with Gasteiger partial charge in [0.2, 0.25) is 0 Å². The summed E-state index contributed by atoms with van der Waals surface area (Å²) in [6.45, 7) is 0. The molecule has 0 N–H and O–H groups in total. The molecule has 66 valence electrons. The minimum Gasteiger partial charge on any atom is -0.295 e. The Balaban J connectivity index is 1.88. The van der Waals surface area contributed by atoms with Crippen molar-refractivity contribution in [1.29, 1.82) is 0 Å². The molecule has 1 heteroatoms. The largest absolute Gasteiger partial charge is 0.295 e. The van der Waals surface area contributed by atoms with Gasteiger partial charge in [-0.05, 0) is 42.1 Å². The fourth-order valence-corrected chi connectivity index (χ4v) is 3.90. The molecule has 0 heterocycles. The maximum Gasteiger partial charge on any atom is 0.159 e. The standard InChI is InChI=1S/C12H12O/c13-11-4-3-7-6-1-2-8(12(7)11)10-5-9(6)10/h1-4,6-10,12H,5H2. The third-order valence-electron chi connectivity index (χ3n) is 4.52. The quantitative estimate of drug-likeness (QED) is 0.509. The SMILES string of the molecule is O=C1C=CC2C3C=CC(C4CC34)C12. The van der Waals surface area contributed by atoms with Crippen molar-refractivity contribution in [3.05, 3.63) is 24.3 Å². The smallest absolute Gasteiger partial charge is 0.159 e. The van der Waals surface area contributed by atoms with Crippen molar-refractivity contribution >= 4 is 5.78 Å². The first-order valence-corrected chi connectivity index (χ1v) is 5.26. The van der Waals surface area contributed by atoms with Crippen LogP contribution in [0.2, 0.25) is 0 Å². The van der Waals surface area contributed by atoms with Crippen molar-refractivity contribution in [2.45, 2.75) is 6.42 Å². The van der Waals surface area contributed by atoms with E-state index >= 15 is 0 Å². The number of carbonyl (C=O) groups is 1. The zero-order chi connectivity index (χ0) is 8.58. The maximum atomic E-state index is 11.6. The van der Waals surface area contributed by atoms with Crippen LogP contribution >= 0.6 is 0 Å². The predicted molar refractivity (Wildman–Crippen MR) is 48.8 cm³/mol. The number of carbonyl (C=O) groups excluding carboxylic acids is 1. The number of hydrogen-bond donors (Lipinski definition) is 0. The van der Waals surface area contributed by atoms with E-state index < -0.39 is 0 Å². The predicted octanol–water partition coefficient (Wildman–Crippen LogP) is 1.81. The molecule has 0 saturated heterocycles. The average molecular weight is 172 g/mol. The van der Waals surface area contributed by atoms with Crippen LogP contribution in [0.4, 0.5) is 0 Å². The fourth-order valence-electron chi connectivity index (χ4n) is 3.90. The normalized spacial score (nSPS) is 59.5. The molecule has 0 aromatic carbocycles. The number of ketones is 1. The topological polar surface area (TPSA) is 17.1 Å². The molecule has 0 aliphatic heterocycles. The molecular weight excluding hydrogens is 160 g/mol. The molecule has 5 aliphatic carbocycles. The van der Waals surface area contributed by atoms with Gasteiger partial charge in [-0.15, -0.1) is 0 Å². The van der Waals surface area contributed by atoms with Gasteiger partial charge in [0.15, 0.2) is 5.78 Å². The van der Waals surface area contributed by atoms with Gasteiger partial charge in [0.05, 0.1) is 0 Å². The lowest BCUT2D eigenvalue weighted by atomic mass is 9.63. The van der Waals surface area contributed by atoms with Gasteiger partial charge >= 0.3 is 0 Å². The second kappa shape index (κ2) is 1.82. The Morgan fingerprint density at radius 3 is 2.69 bits per heavy atom. The highest BCUT2D eigenvalue weighted by molar-refractivity contribution is 5.95. The maximum absolute atomic E-state index is 11.6. The summed E-state index contributed by atoms with van der Waals surface area (Å²) in [4.78, 5) is 11.6. The van der Waals surface area contributed by atoms with E-state index in [2.05, 4.69) is 18.2 Å². The van der Waals surface area contributed by atoms with E-state index in [1.807, 2.05) is 6.08 Å². The molecule has 2 saturated carbocycles. The average Bonchev–Trinajstić information content (AvgIpc) is 2.88. The van der Waals surface area contributed by atoms with Crippen LogP contribution in [0.15, 0.2) is 24.3 Å². The Labute approximate surface area is 77.5 Å². The van der Waals surface area contributed by atoms with Crippen LogP contribution in [0.3, 0.4) is 0 Å². The third kappa shape index (κ3) is 0.609. The minimum atomic E-state index is 0.346. The van der Waals surface area contributed by atoms with Crippen LogP contribution in [0.25, 0.3) is 0 Å². The van der Waals surface area contributed by atoms with Gasteiger partial charge in [-0.2, -0.15) is 0 Å². The molecule has 5 aliphatic rings. The summed E-state index contributed by atoms with van der Waals surface area (Å²) in [5.41, 5.74) is 0. The number of rotatable bonds is 0. The molecular formula is C12H12O. The van der Waals surface area contributed by atoms with Crippen LogP contribution in [-0.2, 0) is 4.79 Å². The zero-order valence-electron chi connectivity index (χ0n) is 7.39. The van der Waals surface area contributed by atoms with Crippen LogP contribution in [0.5, 0.6) is 0 Å². The summed E-state index contributed by atoms with van der Waals surface area (Å²) in [6, 6.07) is 0. The first-order chi connectivity index (χ1) is 6.36. The van der Waals surface area contributed by atoms with E-state index in [1.165, 1.54) is 6.42 Å². The van der Waals surface area contributed by atoms with Crippen LogP contribution < -0.4 is 0 Å². The van der Waals surface area contributed by atoms with Crippen molar-refractivity contribution in [2.75, 3.05) is 0 Å². The highest BCUT2D eigenvalue weighted by atomic mass is 16.1. The first-order valence-electron chi connectivity index (χ1n) is 5.26. The van der Waals surface area contributed by atoms with E-state index in [0.717, 1.165) is 11.8 Å². The molecule has 5 rings (SSSR count). The van der Waals surface area contributed by atoms with Crippen molar-refractivity contribution < 1.29 is 4.79 Å². The Kier molecular flexibility index (Phi) is 0.919. The highest BCUT2D eigenvalue weighted by Crippen LogP contribution is 2.64. The zero-order valence-corrected chi connectivity index (χ0v) is 7.39. The summed E-state index contributed by atoms with van der Waals surface area (Å²) in [5, 5.41) is 0. The second-order valence-corrected chi connectivity index (χ2v) is 4.97. The molecule has 2 fully saturated rings. The lowest BCUT2D eigenvalue weighted by Gasteiger charge is -2.39. The van der Waals surface area contributed by atoms with Gasteiger partial charge in [0.25, 0.3) is 0 Å². The molecule has 13 heavy (non-hydrogen) atoms. The summed E-state index contributed by atoms with van der Waals surface area (Å²) in [5.74, 6) is 4.44. The molecule has 2 bridgehead atoms. The van der Waals surface area contributed by atoms with Crippen molar-refractivity contribution in [3.63, 3.8) is 0 Å². The van der Waals surface area contributed by atoms with Gasteiger partial charge in [-0.25, -0.2) is 0 Å². The van der Waals surface area contributed by atoms with E-state index in [9.17, 15) is 4.79 Å². The van der Waals surface area contributed by atoms with Gasteiger partial charge in [0, 0.05) is 5.92 Å². The summed E-state index contributed by atoms with van der Waals surface area (Å²) in [6.07, 6.45) is 10.1. The summed E-state index contributed by atoms with van der Waals surface area (Å²) in [7, 11) is 0. The van der Waals surface area contributed by atoms with E-state index in [0.29, 0.717) is 29.5 Å².